The standard InChI is InChI=1S/C24H39ClO2/c1-8-11-12-13-14-21(22(25)26)27-20-16-15-18(23(4,5)9-2)17-19(20)24(6,7)10-3/h15-17,21H,8-14H2,1-7H3. The van der Waals surface area contributed by atoms with Gasteiger partial charge in [-0.3, -0.25) is 4.79 Å². The highest BCUT2D eigenvalue weighted by molar-refractivity contribution is 6.64. The van der Waals surface area contributed by atoms with Gasteiger partial charge in [-0.05, 0) is 59.7 Å². The Kier molecular flexibility index (Phi) is 9.34. The van der Waals surface area contributed by atoms with Gasteiger partial charge in [0.25, 0.3) is 5.24 Å². The molecule has 1 unspecified atom stereocenters. The van der Waals surface area contributed by atoms with Crippen LogP contribution in [0.2, 0.25) is 0 Å². The molecule has 1 atom stereocenters. The van der Waals surface area contributed by atoms with Gasteiger partial charge in [-0.15, -0.1) is 0 Å². The topological polar surface area (TPSA) is 26.3 Å². The summed E-state index contributed by atoms with van der Waals surface area (Å²) >= 11 is 5.87. The third kappa shape index (κ3) is 6.82. The average molecular weight is 395 g/mol. The molecular formula is C24H39ClO2. The molecule has 1 aromatic carbocycles. The Morgan fingerprint density at radius 3 is 2.15 bits per heavy atom. The fourth-order valence-corrected chi connectivity index (χ4v) is 3.26. The Bertz CT molecular complexity index is 604. The molecule has 0 saturated heterocycles. The maximum absolute atomic E-state index is 12.0. The minimum Gasteiger partial charge on any atom is -0.481 e. The molecule has 0 aromatic heterocycles. The van der Waals surface area contributed by atoms with Crippen LogP contribution in [0.4, 0.5) is 0 Å². The second-order valence-electron chi connectivity index (χ2n) is 8.95. The fourth-order valence-electron chi connectivity index (χ4n) is 3.11. The van der Waals surface area contributed by atoms with Crippen molar-refractivity contribution in [2.45, 2.75) is 110 Å². The maximum atomic E-state index is 12.0. The van der Waals surface area contributed by atoms with E-state index in [0.717, 1.165) is 31.4 Å². The predicted octanol–water partition coefficient (Wildman–Crippen LogP) is 7.55. The molecule has 2 nitrogen and oxygen atoms in total. The smallest absolute Gasteiger partial charge is 0.262 e. The quantitative estimate of drug-likeness (QED) is 0.270. The number of benzene rings is 1. The highest BCUT2D eigenvalue weighted by Gasteiger charge is 2.28. The van der Waals surface area contributed by atoms with Crippen LogP contribution < -0.4 is 4.74 Å². The van der Waals surface area contributed by atoms with Crippen LogP contribution in [0, 0.1) is 0 Å². The summed E-state index contributed by atoms with van der Waals surface area (Å²) in [7, 11) is 0. The van der Waals surface area contributed by atoms with Gasteiger partial charge in [0.2, 0.25) is 0 Å². The van der Waals surface area contributed by atoms with Crippen molar-refractivity contribution < 1.29 is 9.53 Å². The van der Waals surface area contributed by atoms with E-state index in [9.17, 15) is 4.79 Å². The monoisotopic (exact) mass is 394 g/mol. The summed E-state index contributed by atoms with van der Waals surface area (Å²) in [5.41, 5.74) is 2.56. The molecule has 0 aliphatic heterocycles. The summed E-state index contributed by atoms with van der Waals surface area (Å²) in [6.45, 7) is 15.6. The first kappa shape index (κ1) is 24.0. The van der Waals surface area contributed by atoms with Crippen molar-refractivity contribution in [3.05, 3.63) is 29.3 Å². The predicted molar refractivity (Wildman–Crippen MR) is 117 cm³/mol. The Labute approximate surface area is 172 Å². The molecule has 0 spiro atoms. The van der Waals surface area contributed by atoms with Gasteiger partial charge in [0, 0.05) is 5.56 Å². The third-order valence-electron chi connectivity index (χ3n) is 6.10. The summed E-state index contributed by atoms with van der Waals surface area (Å²) in [6.07, 6.45) is 6.59. The molecule has 0 amide bonds. The van der Waals surface area contributed by atoms with Crippen molar-refractivity contribution in [1.82, 2.24) is 0 Å². The first-order chi connectivity index (χ1) is 12.6. The Morgan fingerprint density at radius 2 is 1.63 bits per heavy atom. The molecule has 0 radical (unpaired) electrons. The molecule has 0 fully saturated rings. The van der Waals surface area contributed by atoms with Gasteiger partial charge in [-0.25, -0.2) is 0 Å². The lowest BCUT2D eigenvalue weighted by molar-refractivity contribution is -0.118. The largest absolute Gasteiger partial charge is 0.481 e. The van der Waals surface area contributed by atoms with E-state index in [1.54, 1.807) is 0 Å². The summed E-state index contributed by atoms with van der Waals surface area (Å²) in [6, 6.07) is 6.45. The number of halogens is 1. The lowest BCUT2D eigenvalue weighted by Crippen LogP contribution is -2.27. The van der Waals surface area contributed by atoms with Crippen molar-refractivity contribution >= 4 is 16.8 Å². The van der Waals surface area contributed by atoms with Gasteiger partial charge in [0.1, 0.15) is 5.75 Å². The first-order valence-electron chi connectivity index (χ1n) is 10.6. The number of rotatable bonds is 12. The van der Waals surface area contributed by atoms with Crippen molar-refractivity contribution in [2.75, 3.05) is 0 Å². The van der Waals surface area contributed by atoms with Gasteiger partial charge in [-0.1, -0.05) is 79.9 Å². The zero-order valence-electron chi connectivity index (χ0n) is 18.5. The van der Waals surface area contributed by atoms with Crippen molar-refractivity contribution in [2.24, 2.45) is 0 Å². The molecule has 0 heterocycles. The minimum absolute atomic E-state index is 0.0305. The fraction of sp³-hybridized carbons (Fsp3) is 0.708. The summed E-state index contributed by atoms with van der Waals surface area (Å²) < 4.78 is 6.20. The van der Waals surface area contributed by atoms with Crippen molar-refractivity contribution in [3.63, 3.8) is 0 Å². The zero-order valence-corrected chi connectivity index (χ0v) is 19.2. The molecule has 0 aliphatic rings. The summed E-state index contributed by atoms with van der Waals surface area (Å²) in [4.78, 5) is 12.0. The number of carbonyl (C=O) groups excluding carboxylic acids is 1. The molecule has 1 rings (SSSR count). The molecule has 0 aliphatic carbocycles. The number of carbonyl (C=O) groups is 1. The number of hydrogen-bond donors (Lipinski definition) is 0. The second-order valence-corrected chi connectivity index (χ2v) is 9.32. The van der Waals surface area contributed by atoms with E-state index < -0.39 is 11.3 Å². The molecule has 1 aromatic rings. The molecule has 3 heteroatoms. The average Bonchev–Trinajstić information content (AvgIpc) is 2.63. The number of ether oxygens (including phenoxy) is 1. The van der Waals surface area contributed by atoms with E-state index in [1.807, 2.05) is 6.07 Å². The van der Waals surface area contributed by atoms with Crippen LogP contribution in [-0.2, 0) is 15.6 Å². The van der Waals surface area contributed by atoms with Gasteiger partial charge in [0.15, 0.2) is 6.10 Å². The van der Waals surface area contributed by atoms with Crippen LogP contribution in [0.25, 0.3) is 0 Å². The number of hydrogen-bond acceptors (Lipinski definition) is 2. The lowest BCUT2D eigenvalue weighted by atomic mass is 9.76. The molecular weight excluding hydrogens is 356 g/mol. The van der Waals surface area contributed by atoms with E-state index in [1.165, 1.54) is 24.0 Å². The zero-order chi connectivity index (χ0) is 20.7. The lowest BCUT2D eigenvalue weighted by Gasteiger charge is -2.31. The Balaban J connectivity index is 3.18. The SMILES string of the molecule is CCCCCCC(Oc1ccc(C(C)(C)CC)cc1C(C)(C)CC)C(=O)Cl. The van der Waals surface area contributed by atoms with Crippen LogP contribution in [0.3, 0.4) is 0 Å². The van der Waals surface area contributed by atoms with E-state index >= 15 is 0 Å². The van der Waals surface area contributed by atoms with Crippen LogP contribution >= 0.6 is 11.6 Å². The van der Waals surface area contributed by atoms with E-state index in [-0.39, 0.29) is 10.8 Å². The van der Waals surface area contributed by atoms with Crippen LogP contribution in [-0.4, -0.2) is 11.3 Å². The summed E-state index contributed by atoms with van der Waals surface area (Å²) in [5.74, 6) is 0.798. The highest BCUT2D eigenvalue weighted by atomic mass is 35.5. The van der Waals surface area contributed by atoms with Gasteiger partial charge in [0.05, 0.1) is 0 Å². The Morgan fingerprint density at radius 1 is 1.00 bits per heavy atom. The molecule has 0 bridgehead atoms. The van der Waals surface area contributed by atoms with Gasteiger partial charge < -0.3 is 4.74 Å². The molecule has 0 N–H and O–H groups in total. The Hall–Kier alpha value is -1.02. The third-order valence-corrected chi connectivity index (χ3v) is 6.34. The van der Waals surface area contributed by atoms with E-state index in [0.29, 0.717) is 6.42 Å². The molecule has 154 valence electrons. The first-order valence-corrected chi connectivity index (χ1v) is 11.0. The van der Waals surface area contributed by atoms with Crippen LogP contribution in [0.15, 0.2) is 18.2 Å². The number of unbranched alkanes of at least 4 members (excludes halogenated alkanes) is 3. The maximum Gasteiger partial charge on any atom is 0.262 e. The minimum atomic E-state index is -0.569. The van der Waals surface area contributed by atoms with Crippen LogP contribution in [0.5, 0.6) is 5.75 Å². The highest BCUT2D eigenvalue weighted by Crippen LogP contribution is 2.39. The molecule has 27 heavy (non-hydrogen) atoms. The van der Waals surface area contributed by atoms with Crippen molar-refractivity contribution in [1.29, 1.82) is 0 Å². The van der Waals surface area contributed by atoms with E-state index in [4.69, 9.17) is 16.3 Å². The van der Waals surface area contributed by atoms with Crippen LogP contribution in [0.1, 0.15) is 105 Å². The van der Waals surface area contributed by atoms with E-state index in [2.05, 4.69) is 60.6 Å². The van der Waals surface area contributed by atoms with Gasteiger partial charge in [-0.2, -0.15) is 0 Å². The molecule has 0 saturated carbocycles. The van der Waals surface area contributed by atoms with Crippen molar-refractivity contribution in [3.8, 4) is 5.75 Å². The normalized spacial score (nSPS) is 13.5. The summed E-state index contributed by atoms with van der Waals surface area (Å²) in [5, 5.41) is -0.398. The second kappa shape index (κ2) is 10.5. The van der Waals surface area contributed by atoms with Gasteiger partial charge >= 0.3 is 0 Å².